The van der Waals surface area contributed by atoms with Crippen LogP contribution in [0.15, 0.2) is 24.3 Å². The molecule has 0 aliphatic rings. The average Bonchev–Trinajstić information content (AvgIpc) is 2.34. The fourth-order valence-electron chi connectivity index (χ4n) is 1.66. The van der Waals surface area contributed by atoms with E-state index in [1.54, 1.807) is 32.9 Å². The average molecular weight is 317 g/mol. The molecule has 1 aromatic carbocycles. The molecule has 118 valence electrons. The fourth-order valence-corrected chi connectivity index (χ4v) is 1.97. The largest absolute Gasteiger partial charge is 0.350 e. The molecule has 1 aromatic rings. The minimum atomic E-state index is -2.49. The van der Waals surface area contributed by atoms with E-state index in [2.05, 4.69) is 5.32 Å². The Morgan fingerprint density at radius 1 is 1.43 bits per heavy atom. The monoisotopic (exact) mass is 317 g/mol. The highest BCUT2D eigenvalue weighted by atomic mass is 31.2. The zero-order valence-electron chi connectivity index (χ0n) is 12.3. The number of hydrogen-bond donors (Lipinski definition) is 3. The van der Waals surface area contributed by atoms with Crippen LogP contribution in [-0.2, 0) is 15.7 Å². The second-order valence-corrected chi connectivity index (χ2v) is 6.57. The first kappa shape index (κ1) is 18.0. The molecule has 0 fully saturated rings. The summed E-state index contributed by atoms with van der Waals surface area (Å²) in [6, 6.07) is 5.56. The molecule has 7 heteroatoms. The Kier molecular flexibility index (Phi) is 6.68. The molecule has 3 N–H and O–H groups in total. The van der Waals surface area contributed by atoms with Crippen LogP contribution in [0.1, 0.15) is 26.3 Å². The van der Waals surface area contributed by atoms with Crippen LogP contribution < -0.4 is 5.32 Å². The van der Waals surface area contributed by atoms with Crippen molar-refractivity contribution in [2.75, 3.05) is 6.61 Å². The van der Waals surface area contributed by atoms with Crippen molar-refractivity contribution in [1.29, 1.82) is 0 Å². The van der Waals surface area contributed by atoms with Crippen molar-refractivity contribution in [3.05, 3.63) is 35.6 Å². The lowest BCUT2D eigenvalue weighted by Crippen LogP contribution is -2.44. The number of benzene rings is 1. The number of amides is 1. The van der Waals surface area contributed by atoms with Gasteiger partial charge in [0.25, 0.3) is 0 Å². The van der Waals surface area contributed by atoms with E-state index < -0.39 is 20.1 Å². The smallest absolute Gasteiger partial charge is 0.327 e. The van der Waals surface area contributed by atoms with Gasteiger partial charge in [-0.3, -0.25) is 4.79 Å². The molecule has 0 bridgehead atoms. The van der Waals surface area contributed by atoms with Crippen molar-refractivity contribution in [2.24, 2.45) is 5.41 Å². The van der Waals surface area contributed by atoms with E-state index in [1.165, 1.54) is 12.1 Å². The van der Waals surface area contributed by atoms with E-state index in [0.29, 0.717) is 12.0 Å². The van der Waals surface area contributed by atoms with Crippen LogP contribution in [-0.4, -0.2) is 28.3 Å². The Bertz CT molecular complexity index is 476. The number of nitrogens with one attached hydrogen (secondary N) is 1. The maximum atomic E-state index is 13.2. The zero-order chi connectivity index (χ0) is 16.0. The molecule has 0 saturated heterocycles. The first-order chi connectivity index (χ1) is 9.68. The van der Waals surface area contributed by atoms with Crippen molar-refractivity contribution in [1.82, 2.24) is 5.32 Å². The summed E-state index contributed by atoms with van der Waals surface area (Å²) < 4.78 is 18.0. The van der Waals surface area contributed by atoms with Crippen molar-refractivity contribution in [3.8, 4) is 0 Å². The van der Waals surface area contributed by atoms with Crippen LogP contribution >= 0.6 is 8.60 Å². The second kappa shape index (κ2) is 7.80. The van der Waals surface area contributed by atoms with Crippen LogP contribution in [0.4, 0.5) is 4.39 Å². The second-order valence-electron chi connectivity index (χ2n) is 5.80. The van der Waals surface area contributed by atoms with E-state index in [-0.39, 0.29) is 18.3 Å². The van der Waals surface area contributed by atoms with Gasteiger partial charge in [-0.1, -0.05) is 32.9 Å². The third-order valence-electron chi connectivity index (χ3n) is 2.78. The number of halogens is 1. The molecule has 5 nitrogen and oxygen atoms in total. The molecule has 0 heterocycles. The van der Waals surface area contributed by atoms with Gasteiger partial charge >= 0.3 is 8.60 Å². The molecular formula is C14H21FNO4P. The molecule has 0 saturated carbocycles. The fraction of sp³-hybridized carbons (Fsp3) is 0.500. The molecule has 1 unspecified atom stereocenters. The molecule has 0 aromatic heterocycles. The highest BCUT2D eigenvalue weighted by Gasteiger charge is 2.24. The van der Waals surface area contributed by atoms with Crippen molar-refractivity contribution in [2.45, 2.75) is 33.2 Å². The molecule has 0 radical (unpaired) electrons. The number of hydrogen-bond acceptors (Lipinski definition) is 4. The third kappa shape index (κ3) is 6.96. The highest BCUT2D eigenvalue weighted by molar-refractivity contribution is 7.39. The topological polar surface area (TPSA) is 78.8 Å². The predicted molar refractivity (Wildman–Crippen MR) is 78.8 cm³/mol. The molecule has 1 rings (SSSR count). The Labute approximate surface area is 125 Å². The number of carbonyl (C=O) groups is 1. The number of rotatable bonds is 6. The third-order valence-corrected chi connectivity index (χ3v) is 3.16. The maximum Gasteiger partial charge on any atom is 0.327 e. The van der Waals surface area contributed by atoms with Gasteiger partial charge in [0.1, 0.15) is 5.82 Å². The van der Waals surface area contributed by atoms with Gasteiger partial charge < -0.3 is 19.6 Å². The standard InChI is InChI=1S/C14H21FNO4P/c1-14(2,3)13(17)16-12(9-20-21(18)19)8-10-5-4-6-11(15)7-10/h4-7,12,18-19H,8-9H2,1-3H3,(H,16,17). The van der Waals surface area contributed by atoms with Gasteiger partial charge in [-0.2, -0.15) is 0 Å². The Hall–Kier alpha value is -1.07. The molecule has 1 amide bonds. The number of carbonyl (C=O) groups excluding carboxylic acids is 1. The summed E-state index contributed by atoms with van der Waals surface area (Å²) >= 11 is 0. The van der Waals surface area contributed by atoms with E-state index >= 15 is 0 Å². The first-order valence-electron chi connectivity index (χ1n) is 6.54. The maximum absolute atomic E-state index is 13.2. The Morgan fingerprint density at radius 3 is 2.62 bits per heavy atom. The van der Waals surface area contributed by atoms with Crippen LogP contribution in [0, 0.1) is 11.2 Å². The Balaban J connectivity index is 2.74. The minimum absolute atomic E-state index is 0.0585. The minimum Gasteiger partial charge on any atom is -0.350 e. The van der Waals surface area contributed by atoms with Crippen LogP contribution in [0.25, 0.3) is 0 Å². The highest BCUT2D eigenvalue weighted by Crippen LogP contribution is 2.25. The van der Waals surface area contributed by atoms with E-state index in [4.69, 9.17) is 14.3 Å². The predicted octanol–water partition coefficient (Wildman–Crippen LogP) is 2.13. The lowest BCUT2D eigenvalue weighted by atomic mass is 9.94. The lowest BCUT2D eigenvalue weighted by molar-refractivity contribution is -0.129. The zero-order valence-corrected chi connectivity index (χ0v) is 13.2. The summed E-state index contributed by atoms with van der Waals surface area (Å²) in [7, 11) is -2.49. The van der Waals surface area contributed by atoms with Gasteiger partial charge in [-0.05, 0) is 24.1 Å². The summed E-state index contributed by atoms with van der Waals surface area (Å²) in [5.74, 6) is -0.548. The molecule has 0 aliphatic carbocycles. The van der Waals surface area contributed by atoms with Gasteiger partial charge in [0.05, 0.1) is 12.6 Å². The quantitative estimate of drug-likeness (QED) is 0.702. The van der Waals surface area contributed by atoms with Gasteiger partial charge in [-0.15, -0.1) is 0 Å². The van der Waals surface area contributed by atoms with Gasteiger partial charge in [0, 0.05) is 5.41 Å². The first-order valence-corrected chi connectivity index (χ1v) is 7.71. The lowest BCUT2D eigenvalue weighted by Gasteiger charge is -2.24. The molecule has 21 heavy (non-hydrogen) atoms. The molecule has 1 atom stereocenters. The summed E-state index contributed by atoms with van der Waals surface area (Å²) in [6.45, 7) is 5.26. The van der Waals surface area contributed by atoms with E-state index in [0.717, 1.165) is 0 Å². The molecule has 0 aliphatic heterocycles. The van der Waals surface area contributed by atoms with Crippen molar-refractivity contribution in [3.63, 3.8) is 0 Å². The van der Waals surface area contributed by atoms with Crippen molar-refractivity contribution < 1.29 is 23.5 Å². The van der Waals surface area contributed by atoms with Crippen LogP contribution in [0.5, 0.6) is 0 Å². The van der Waals surface area contributed by atoms with Crippen molar-refractivity contribution >= 4 is 14.5 Å². The summed E-state index contributed by atoms with van der Waals surface area (Å²) in [5.41, 5.74) is 0.113. The Morgan fingerprint density at radius 2 is 2.10 bits per heavy atom. The molecular weight excluding hydrogens is 296 g/mol. The summed E-state index contributed by atoms with van der Waals surface area (Å²) in [4.78, 5) is 29.7. The summed E-state index contributed by atoms with van der Waals surface area (Å²) in [5, 5.41) is 2.78. The van der Waals surface area contributed by atoms with E-state index in [9.17, 15) is 9.18 Å². The van der Waals surface area contributed by atoms with E-state index in [1.807, 2.05) is 0 Å². The molecule has 0 spiro atoms. The SMILES string of the molecule is CC(C)(C)C(=O)NC(COP(O)O)Cc1cccc(F)c1. The summed E-state index contributed by atoms with van der Waals surface area (Å²) in [6.07, 6.45) is 0.336. The van der Waals surface area contributed by atoms with Gasteiger partial charge in [0.15, 0.2) is 0 Å². The normalized spacial score (nSPS) is 13.3. The van der Waals surface area contributed by atoms with Gasteiger partial charge in [0.2, 0.25) is 5.91 Å². The van der Waals surface area contributed by atoms with Gasteiger partial charge in [-0.25, -0.2) is 4.39 Å². The van der Waals surface area contributed by atoms with Crippen LogP contribution in [0.3, 0.4) is 0 Å². The van der Waals surface area contributed by atoms with Crippen LogP contribution in [0.2, 0.25) is 0 Å².